The zero-order valence-corrected chi connectivity index (χ0v) is 95.0. The van der Waals surface area contributed by atoms with Gasteiger partial charge in [-0.2, -0.15) is 0 Å². The molecule has 1 amide bonds. The standard InChI is InChI=1S/C23H32ClNO2.C23H28ClNO.C23H30ClN.C22H33NO.C20H31NO.C20H30O/c1-12-6-8-22(2)14-7-9-23(3)15(11-13-4-5-17(24)25-21(13)23)18(14)20(27)19(26)16(22)10-12;1-13-6-8-22(2)15(10-13)12-18(26)20-16(22)7-9-23(3)17(20)11-14-4-5-19(24)25-21(14)23;1-14-8-10-22(2)16(12-14)5-6-17-18(22)9-11-23(3)19(17)13-15-4-7-20(24)25-21(15)23;1-14-9-11-21(3)16(13-14)5-6-17-18-7-8-20(23-15(2)24)22(18,4)12-10-19(17)21;1-13-8-10-19(2)14(12-13)4-5-15-16-6-7-18(21-22)20(16,3)11-9-17(15)19;1-13-8-10-19(2)14(12-13)4-5-15-16-6-7-18(21)20(16,3)11-9-17(15)19/h4-5,12,14-16,18-20,26-27H,6-11H2,1-3H3;4-5,12-13,16-17,20H,6-11H2,1-3H3;4-5,7,14,17-19H,6,8-13H2,1-3H3;5,8,14,17-19H,6-7,9-13H2,1-4H3,(H,23,24);4,13,15-17,22H,5-12H2,1-3H3;4,13,15-17H,5-12H2,1-3H3/b;;;;21-18-;/t12-,14-,15-,16+,18?,19+,20+,22+,23-;13-,16-,17-,20?,22-,23-;14-,17?,18-,19-,22-,23-;14-,17?,18-,19-,21-,22-;2*13-,15?,16-,17-,19-,20-/m000000/s1. The van der Waals surface area contributed by atoms with Gasteiger partial charge in [-0.15, -0.1) is 0 Å². The van der Waals surface area contributed by atoms with Crippen LogP contribution in [0, 0.1) is 197 Å². The SMILES string of the molecule is CC(=O)NC1=CC[C@H]2C3CC=C4C[C@@H](C)CC[C@]4(C)[C@H]3CC[C@]12C.C[C@H]1CC[C@@]2(C)C(=CC(=O)C3[C@@H]2CC[C@]2(C)c4nc(Cl)ccc4C[C@@H]32)C1.C[C@H]1CC[C@@]2(C)C(=CCC3[C@@H]2CC[C@]2(C)/C(=N\O)CC[C@@H]32)C1.C[C@H]1CC[C@@]2(C)C(=CCC3[C@@H]2CC[C@]2(C)C(=O)CC[C@@H]32)C1.C[C@H]1CC[C@@]2(C)C(=CCC3[C@@H]2CC[C@]2(C)c4nc(Cl)ccc4C[C@@H]32)C1.C[C@H]1CC[C@@]2(C)[C@H](C1)[C@@H](O)[C@H](O)C1[C@@H]2CC[C@]2(C)c3nc(Cl)ccc3C[C@@H]12. The highest BCUT2D eigenvalue weighted by Crippen LogP contribution is 2.74. The van der Waals surface area contributed by atoms with E-state index in [1.54, 1.807) is 29.2 Å². The summed E-state index contributed by atoms with van der Waals surface area (Å²) in [4.78, 5) is 51.6. The highest BCUT2D eigenvalue weighted by Gasteiger charge is 2.69. The lowest BCUT2D eigenvalue weighted by Gasteiger charge is -2.63. The summed E-state index contributed by atoms with van der Waals surface area (Å²) in [5, 5.41) is 40.6. The second-order valence-electron chi connectivity index (χ2n) is 58.1. The molecule has 6 unspecified atom stereocenters. The lowest BCUT2D eigenvalue weighted by atomic mass is 9.43. The lowest BCUT2D eigenvalue weighted by molar-refractivity contribution is -0.210. The van der Waals surface area contributed by atoms with E-state index in [2.05, 4.69) is 190 Å². The fourth-order valence-electron chi connectivity index (χ4n) is 42.2. The number of amides is 1. The maximum Gasteiger partial charge on any atom is 0.221 e. The third-order valence-electron chi connectivity index (χ3n) is 51.0. The van der Waals surface area contributed by atoms with Gasteiger partial charge in [-0.25, -0.2) is 15.0 Å². The molecule has 0 aromatic carbocycles. The van der Waals surface area contributed by atoms with Crippen LogP contribution in [0.5, 0.6) is 0 Å². The number of pyridine rings is 3. The van der Waals surface area contributed by atoms with Crippen molar-refractivity contribution in [1.29, 1.82) is 0 Å². The number of allylic oxidation sites excluding steroid dienone is 12. The number of fused-ring (bicyclic) bond motifs is 36. The van der Waals surface area contributed by atoms with Gasteiger partial charge in [0.25, 0.3) is 0 Å². The smallest absolute Gasteiger partial charge is 0.221 e. The summed E-state index contributed by atoms with van der Waals surface area (Å²) in [6.07, 6.45) is 65.8. The Balaban J connectivity index is 0.0000000993. The van der Waals surface area contributed by atoms with E-state index in [-0.39, 0.29) is 67.0 Å². The third kappa shape index (κ3) is 16.7. The van der Waals surface area contributed by atoms with Gasteiger partial charge in [-0.05, 0) is 472 Å². The van der Waals surface area contributed by atoms with E-state index in [9.17, 15) is 29.8 Å². The zero-order chi connectivity index (χ0) is 102. The number of nitrogens with one attached hydrogen (secondary N) is 1. The number of aliphatic hydroxyl groups excluding tert-OH is 2. The summed E-state index contributed by atoms with van der Waals surface area (Å²) in [5.41, 5.74) is 21.4. The number of ketones is 2. The molecule has 14 heteroatoms. The number of rotatable bonds is 1. The number of nitrogens with zero attached hydrogens (tertiary/aromatic N) is 4. The van der Waals surface area contributed by atoms with Crippen molar-refractivity contribution < 1.29 is 29.8 Å². The largest absolute Gasteiger partial charge is 0.411 e. The summed E-state index contributed by atoms with van der Waals surface area (Å²) in [7, 11) is 0. The van der Waals surface area contributed by atoms with Gasteiger partial charge in [0.05, 0.1) is 35.0 Å². The number of hydrogen-bond donors (Lipinski definition) is 4. The average Bonchev–Trinajstić information content (AvgIpc) is 1.63. The molecule has 24 aliphatic carbocycles. The first-order chi connectivity index (χ1) is 68.8. The molecule has 0 aliphatic heterocycles. The highest BCUT2D eigenvalue weighted by atomic mass is 35.5. The summed E-state index contributed by atoms with van der Waals surface area (Å²) in [6.45, 7) is 45.3. The normalized spacial score (nSPS) is 48.6. The van der Waals surface area contributed by atoms with Gasteiger partial charge in [-0.1, -0.05) is 247 Å². The van der Waals surface area contributed by atoms with E-state index in [1.807, 2.05) is 18.2 Å². The van der Waals surface area contributed by atoms with Crippen LogP contribution in [-0.4, -0.2) is 65.8 Å². The number of oxime groups is 1. The molecule has 39 atom stereocenters. The molecule has 145 heavy (non-hydrogen) atoms. The summed E-state index contributed by atoms with van der Waals surface area (Å²) >= 11 is 18.7. The van der Waals surface area contributed by atoms with Crippen molar-refractivity contribution in [1.82, 2.24) is 20.3 Å². The quantitative estimate of drug-likeness (QED) is 0.0800. The van der Waals surface area contributed by atoms with Gasteiger partial charge >= 0.3 is 0 Å². The molecule has 0 bridgehead atoms. The number of aromatic nitrogens is 3. The van der Waals surface area contributed by atoms with Gasteiger partial charge in [0.15, 0.2) is 5.78 Å². The summed E-state index contributed by atoms with van der Waals surface area (Å²) in [6, 6.07) is 12.3. The second kappa shape index (κ2) is 38.0. The number of Topliss-reactive ketones (excluding diaryl/α,β-unsaturated/α-hetero) is 1. The van der Waals surface area contributed by atoms with Crippen molar-refractivity contribution in [2.45, 2.75) is 430 Å². The number of carbonyl (C=O) groups is 3. The van der Waals surface area contributed by atoms with Gasteiger partial charge in [0.2, 0.25) is 5.91 Å². The van der Waals surface area contributed by atoms with E-state index >= 15 is 0 Å². The van der Waals surface area contributed by atoms with Crippen LogP contribution in [-0.2, 0) is 49.9 Å². The van der Waals surface area contributed by atoms with E-state index in [0.29, 0.717) is 90.1 Å². The van der Waals surface area contributed by atoms with Crippen molar-refractivity contribution in [2.75, 3.05) is 0 Å². The van der Waals surface area contributed by atoms with E-state index in [4.69, 9.17) is 49.8 Å². The Kier molecular flexibility index (Phi) is 27.3. The van der Waals surface area contributed by atoms with Crippen LogP contribution in [0.15, 0.2) is 112 Å². The Hall–Kier alpha value is -5.04. The van der Waals surface area contributed by atoms with Crippen LogP contribution < -0.4 is 5.32 Å². The molecule has 3 aromatic rings. The van der Waals surface area contributed by atoms with Crippen LogP contribution >= 0.6 is 34.8 Å². The monoisotopic (exact) mass is 2030 g/mol. The van der Waals surface area contributed by atoms with Crippen molar-refractivity contribution in [3.05, 3.63) is 156 Å². The predicted octanol–water partition coefficient (Wildman–Crippen LogP) is 32.0. The predicted molar refractivity (Wildman–Crippen MR) is 589 cm³/mol. The first-order valence-electron chi connectivity index (χ1n) is 59.9. The number of hydrogen-bond acceptors (Lipinski definition) is 10. The van der Waals surface area contributed by atoms with E-state index in [0.717, 1.165) is 177 Å². The molecule has 3 heterocycles. The minimum absolute atomic E-state index is 0.000716. The van der Waals surface area contributed by atoms with Crippen LogP contribution in [0.25, 0.3) is 0 Å². The zero-order valence-electron chi connectivity index (χ0n) is 92.7. The fraction of sp³-hybridized carbons (Fsp3) is 0.763. The number of aliphatic hydroxyl groups is 2. The molecule has 0 saturated heterocycles. The minimum Gasteiger partial charge on any atom is -0.411 e. The minimum atomic E-state index is -0.618. The van der Waals surface area contributed by atoms with Crippen LogP contribution in [0.4, 0.5) is 0 Å². The maximum absolute atomic E-state index is 13.3. The van der Waals surface area contributed by atoms with Gasteiger partial charge < -0.3 is 20.7 Å². The number of carbonyl (C=O) groups excluding carboxylic acids is 3. The fourth-order valence-corrected chi connectivity index (χ4v) is 42.6. The highest BCUT2D eigenvalue weighted by molar-refractivity contribution is 6.30. The van der Waals surface area contributed by atoms with Crippen LogP contribution in [0.2, 0.25) is 15.5 Å². The third-order valence-corrected chi connectivity index (χ3v) is 51.6. The molecular formula is C131H184Cl3N5O6. The molecule has 0 radical (unpaired) electrons. The Morgan fingerprint density at radius 1 is 0.345 bits per heavy atom. The molecular weight excluding hydrogens is 1850 g/mol. The molecule has 27 rings (SSSR count). The van der Waals surface area contributed by atoms with Gasteiger partial charge in [-0.3, -0.25) is 14.4 Å². The number of halogens is 3. The topological polar surface area (TPSA) is 175 Å². The van der Waals surface area contributed by atoms with E-state index in [1.165, 1.54) is 232 Å². The Labute approximate surface area is 888 Å². The second-order valence-corrected chi connectivity index (χ2v) is 59.3. The van der Waals surface area contributed by atoms with Crippen molar-refractivity contribution in [2.24, 2.45) is 202 Å². The average molecular weight is 2030 g/mol. The molecule has 790 valence electrons. The van der Waals surface area contributed by atoms with Gasteiger partial charge in [0.1, 0.15) is 21.2 Å². The van der Waals surface area contributed by atoms with Gasteiger partial charge in [0, 0.05) is 57.4 Å². The summed E-state index contributed by atoms with van der Waals surface area (Å²) < 4.78 is 0. The van der Waals surface area contributed by atoms with Crippen molar-refractivity contribution in [3.63, 3.8) is 0 Å². The first kappa shape index (κ1) is 104. The molecule has 4 N–H and O–H groups in total. The molecule has 3 aromatic heterocycles. The Bertz CT molecular complexity index is 5780. The molecule has 24 aliphatic rings. The van der Waals surface area contributed by atoms with E-state index < -0.39 is 12.2 Å². The Morgan fingerprint density at radius 2 is 0.697 bits per heavy atom. The molecule has 0 spiro atoms. The Morgan fingerprint density at radius 3 is 1.16 bits per heavy atom. The van der Waals surface area contributed by atoms with Crippen molar-refractivity contribution >= 4 is 58.0 Å². The molecule has 15 saturated carbocycles. The van der Waals surface area contributed by atoms with Crippen molar-refractivity contribution in [3.8, 4) is 0 Å². The first-order valence-corrected chi connectivity index (χ1v) is 61.0. The molecule has 11 nitrogen and oxygen atoms in total. The maximum atomic E-state index is 13.3. The summed E-state index contributed by atoms with van der Waals surface area (Å²) in [5.74, 6) is 17.8. The molecule has 15 fully saturated rings. The lowest BCUT2D eigenvalue weighted by Crippen LogP contribution is -2.64. The van der Waals surface area contributed by atoms with Crippen LogP contribution in [0.1, 0.15) is 416 Å². The van der Waals surface area contributed by atoms with Crippen LogP contribution in [0.3, 0.4) is 0 Å².